The molecule has 0 radical (unpaired) electrons. The van der Waals surface area contributed by atoms with Crippen molar-refractivity contribution in [2.75, 3.05) is 0 Å². The molecule has 0 spiro atoms. The lowest BCUT2D eigenvalue weighted by Crippen LogP contribution is -2.15. The summed E-state index contributed by atoms with van der Waals surface area (Å²) < 4.78 is 40.1. The molecule has 0 amide bonds. The number of hydrogen-bond donors (Lipinski definition) is 0. The van der Waals surface area contributed by atoms with Crippen LogP contribution in [0.15, 0.2) is 24.4 Å². The zero-order valence-electron chi connectivity index (χ0n) is 10.4. The Balaban J connectivity index is 2.62. The van der Waals surface area contributed by atoms with Crippen LogP contribution in [0.5, 0.6) is 0 Å². The van der Waals surface area contributed by atoms with Crippen molar-refractivity contribution in [3.8, 4) is 5.69 Å². The van der Waals surface area contributed by atoms with Crippen LogP contribution in [-0.4, -0.2) is 9.78 Å². The van der Waals surface area contributed by atoms with E-state index in [0.29, 0.717) is 5.69 Å². The first-order valence-electron chi connectivity index (χ1n) is 5.62. The second-order valence-corrected chi connectivity index (χ2v) is 4.60. The molecule has 0 N–H and O–H groups in total. The number of alkyl halides is 4. The van der Waals surface area contributed by atoms with E-state index in [2.05, 4.69) is 5.10 Å². The maximum Gasteiger partial charge on any atom is 0.433 e. The molecule has 1 aromatic carbocycles. The highest BCUT2D eigenvalue weighted by Crippen LogP contribution is 2.34. The normalized spacial score (nSPS) is 11.9. The Bertz CT molecular complexity index is 602. The Morgan fingerprint density at radius 1 is 1.21 bits per heavy atom. The van der Waals surface area contributed by atoms with E-state index in [4.69, 9.17) is 11.6 Å². The quantitative estimate of drug-likeness (QED) is 0.756. The Labute approximate surface area is 113 Å². The second kappa shape index (κ2) is 4.89. The zero-order chi connectivity index (χ0) is 14.2. The van der Waals surface area contributed by atoms with E-state index in [1.54, 1.807) is 18.2 Å². The van der Waals surface area contributed by atoms with Crippen LogP contribution in [0.1, 0.15) is 22.4 Å². The van der Waals surface area contributed by atoms with Gasteiger partial charge in [-0.1, -0.05) is 6.07 Å². The maximum absolute atomic E-state index is 13.1. The smallest absolute Gasteiger partial charge is 0.228 e. The fraction of sp³-hybridized carbons (Fsp3) is 0.308. The van der Waals surface area contributed by atoms with Crippen LogP contribution in [0.4, 0.5) is 13.2 Å². The molecule has 2 aromatic rings. The van der Waals surface area contributed by atoms with Crippen molar-refractivity contribution in [3.05, 3.63) is 46.8 Å². The fourth-order valence-corrected chi connectivity index (χ4v) is 2.03. The molecule has 0 aliphatic rings. The van der Waals surface area contributed by atoms with Crippen molar-refractivity contribution in [1.82, 2.24) is 9.78 Å². The fourth-order valence-electron chi connectivity index (χ4n) is 1.84. The van der Waals surface area contributed by atoms with Gasteiger partial charge in [0.1, 0.15) is 0 Å². The van der Waals surface area contributed by atoms with Crippen LogP contribution in [0.2, 0.25) is 0 Å². The molecule has 0 atom stereocenters. The zero-order valence-corrected chi connectivity index (χ0v) is 11.2. The molecular formula is C13H12ClF3N2. The van der Waals surface area contributed by atoms with Gasteiger partial charge in [-0.05, 0) is 37.1 Å². The van der Waals surface area contributed by atoms with Crippen LogP contribution in [0, 0.1) is 13.8 Å². The summed E-state index contributed by atoms with van der Waals surface area (Å²) in [5.41, 5.74) is 1.47. The minimum Gasteiger partial charge on any atom is -0.228 e. The van der Waals surface area contributed by atoms with Crippen molar-refractivity contribution in [1.29, 1.82) is 0 Å². The monoisotopic (exact) mass is 288 g/mol. The molecule has 1 aromatic heterocycles. The van der Waals surface area contributed by atoms with Gasteiger partial charge in [-0.15, -0.1) is 11.6 Å². The molecule has 19 heavy (non-hydrogen) atoms. The predicted octanol–water partition coefficient (Wildman–Crippen LogP) is 4.25. The highest BCUT2D eigenvalue weighted by Gasteiger charge is 2.38. The number of benzene rings is 1. The van der Waals surface area contributed by atoms with Crippen molar-refractivity contribution in [3.63, 3.8) is 0 Å². The first-order chi connectivity index (χ1) is 8.84. The van der Waals surface area contributed by atoms with Gasteiger partial charge < -0.3 is 0 Å². The van der Waals surface area contributed by atoms with E-state index in [-0.39, 0.29) is 11.4 Å². The molecule has 102 valence electrons. The van der Waals surface area contributed by atoms with Crippen molar-refractivity contribution < 1.29 is 13.2 Å². The van der Waals surface area contributed by atoms with Crippen LogP contribution in [-0.2, 0) is 12.1 Å². The maximum atomic E-state index is 13.1. The number of nitrogens with zero attached hydrogens (tertiary/aromatic N) is 2. The number of aromatic nitrogens is 2. The third-order valence-corrected chi connectivity index (χ3v) is 3.28. The molecule has 0 aliphatic carbocycles. The minimum atomic E-state index is -4.49. The van der Waals surface area contributed by atoms with E-state index in [0.717, 1.165) is 22.0 Å². The van der Waals surface area contributed by atoms with Gasteiger partial charge in [0, 0.05) is 5.56 Å². The SMILES string of the molecule is Cc1ccc(-n2ncc(CCl)c2C(F)(F)F)cc1C. The van der Waals surface area contributed by atoms with Gasteiger partial charge in [-0.2, -0.15) is 18.3 Å². The third-order valence-electron chi connectivity index (χ3n) is 2.99. The van der Waals surface area contributed by atoms with E-state index in [9.17, 15) is 13.2 Å². The largest absolute Gasteiger partial charge is 0.433 e. The van der Waals surface area contributed by atoms with E-state index < -0.39 is 11.9 Å². The summed E-state index contributed by atoms with van der Waals surface area (Å²) >= 11 is 5.54. The summed E-state index contributed by atoms with van der Waals surface area (Å²) in [6.45, 7) is 3.75. The molecule has 0 bridgehead atoms. The van der Waals surface area contributed by atoms with Crippen molar-refractivity contribution in [2.45, 2.75) is 25.9 Å². The molecule has 0 aliphatic heterocycles. The van der Waals surface area contributed by atoms with Crippen molar-refractivity contribution >= 4 is 11.6 Å². The van der Waals surface area contributed by atoms with E-state index in [1.165, 1.54) is 0 Å². The Hall–Kier alpha value is -1.49. The second-order valence-electron chi connectivity index (χ2n) is 4.33. The number of halogens is 4. The van der Waals surface area contributed by atoms with Gasteiger partial charge in [0.05, 0.1) is 17.8 Å². The minimum absolute atomic E-state index is 0.0209. The molecule has 0 saturated carbocycles. The summed E-state index contributed by atoms with van der Waals surface area (Å²) in [7, 11) is 0. The molecule has 0 saturated heterocycles. The molecule has 6 heteroatoms. The Morgan fingerprint density at radius 2 is 1.89 bits per heavy atom. The van der Waals surface area contributed by atoms with Gasteiger partial charge in [-0.3, -0.25) is 0 Å². The van der Waals surface area contributed by atoms with Crippen LogP contribution >= 0.6 is 11.6 Å². The average Bonchev–Trinajstić information content (AvgIpc) is 2.76. The standard InChI is InChI=1S/C13H12ClF3N2/c1-8-3-4-11(5-9(8)2)19-12(13(15,16)17)10(6-14)7-18-19/h3-5,7H,6H2,1-2H3. The lowest BCUT2D eigenvalue weighted by molar-refractivity contribution is -0.143. The van der Waals surface area contributed by atoms with Gasteiger partial charge in [-0.25, -0.2) is 4.68 Å². The van der Waals surface area contributed by atoms with Crippen LogP contribution in [0.3, 0.4) is 0 Å². The molecule has 1 heterocycles. The number of rotatable bonds is 2. The van der Waals surface area contributed by atoms with Gasteiger partial charge in [0.2, 0.25) is 0 Å². The van der Waals surface area contributed by atoms with Gasteiger partial charge in [0.25, 0.3) is 0 Å². The summed E-state index contributed by atoms with van der Waals surface area (Å²) in [5.74, 6) is -0.223. The highest BCUT2D eigenvalue weighted by molar-refractivity contribution is 6.17. The first-order valence-corrected chi connectivity index (χ1v) is 6.15. The number of aryl methyl sites for hydroxylation is 2. The van der Waals surface area contributed by atoms with E-state index in [1.807, 2.05) is 13.8 Å². The van der Waals surface area contributed by atoms with Crippen LogP contribution in [0.25, 0.3) is 5.69 Å². The molecule has 0 unspecified atom stereocenters. The summed E-state index contributed by atoms with van der Waals surface area (Å²) in [5, 5.41) is 3.81. The predicted molar refractivity (Wildman–Crippen MR) is 67.6 cm³/mol. The summed E-state index contributed by atoms with van der Waals surface area (Å²) in [4.78, 5) is 0. The molecule has 0 fully saturated rings. The highest BCUT2D eigenvalue weighted by atomic mass is 35.5. The van der Waals surface area contributed by atoms with Crippen molar-refractivity contribution in [2.24, 2.45) is 0 Å². The Morgan fingerprint density at radius 3 is 2.42 bits per heavy atom. The van der Waals surface area contributed by atoms with Crippen LogP contribution < -0.4 is 0 Å². The summed E-state index contributed by atoms with van der Waals surface area (Å²) in [6, 6.07) is 5.06. The average molecular weight is 289 g/mol. The summed E-state index contributed by atoms with van der Waals surface area (Å²) in [6.07, 6.45) is -3.33. The molecule has 2 nitrogen and oxygen atoms in total. The Kier molecular flexibility index (Phi) is 3.58. The lowest BCUT2D eigenvalue weighted by Gasteiger charge is -2.13. The topological polar surface area (TPSA) is 17.8 Å². The lowest BCUT2D eigenvalue weighted by atomic mass is 10.1. The van der Waals surface area contributed by atoms with E-state index >= 15 is 0 Å². The van der Waals surface area contributed by atoms with Gasteiger partial charge in [0.15, 0.2) is 5.69 Å². The first kappa shape index (κ1) is 13.9. The molecular weight excluding hydrogens is 277 g/mol. The molecule has 2 rings (SSSR count). The number of hydrogen-bond acceptors (Lipinski definition) is 1. The third kappa shape index (κ3) is 2.61. The van der Waals surface area contributed by atoms with Gasteiger partial charge >= 0.3 is 6.18 Å².